The van der Waals surface area contributed by atoms with Crippen LogP contribution in [0.5, 0.6) is 0 Å². The number of hydrogen-bond acceptors (Lipinski definition) is 5. The van der Waals surface area contributed by atoms with Crippen LogP contribution in [0.1, 0.15) is 13.8 Å². The van der Waals surface area contributed by atoms with Crippen LogP contribution in [0, 0.1) is 10.1 Å². The zero-order valence-corrected chi connectivity index (χ0v) is 15.4. The molecule has 8 heteroatoms. The predicted octanol–water partition coefficient (Wildman–Crippen LogP) is -0.0645. The van der Waals surface area contributed by atoms with E-state index in [1.807, 2.05) is 18.7 Å². The first-order chi connectivity index (χ1) is 12.4. The third kappa shape index (κ3) is 4.50. The normalized spacial score (nSPS) is 24.5. The topological polar surface area (TPSA) is 80.4 Å². The van der Waals surface area contributed by atoms with Gasteiger partial charge in [0.1, 0.15) is 0 Å². The molecule has 142 valence electrons. The minimum absolute atomic E-state index is 0.0942. The second kappa shape index (κ2) is 8.01. The molecule has 2 heterocycles. The van der Waals surface area contributed by atoms with Crippen LogP contribution < -0.4 is 9.80 Å². The van der Waals surface area contributed by atoms with Gasteiger partial charge in [-0.15, -0.1) is 0 Å². The van der Waals surface area contributed by atoms with E-state index < -0.39 is 0 Å². The highest BCUT2D eigenvalue weighted by molar-refractivity contribution is 5.77. The van der Waals surface area contributed by atoms with Gasteiger partial charge >= 0.3 is 0 Å². The van der Waals surface area contributed by atoms with Gasteiger partial charge < -0.3 is 19.4 Å². The number of benzene rings is 1. The van der Waals surface area contributed by atoms with Gasteiger partial charge in [0.05, 0.1) is 43.3 Å². The van der Waals surface area contributed by atoms with Crippen molar-refractivity contribution in [3.05, 3.63) is 34.4 Å². The van der Waals surface area contributed by atoms with Gasteiger partial charge in [-0.2, -0.15) is 0 Å². The molecule has 8 nitrogen and oxygen atoms in total. The van der Waals surface area contributed by atoms with Crippen molar-refractivity contribution >= 4 is 17.3 Å². The minimum atomic E-state index is -0.384. The Morgan fingerprint density at radius 1 is 1.19 bits per heavy atom. The van der Waals surface area contributed by atoms with Crippen LogP contribution in [-0.4, -0.2) is 73.8 Å². The molecule has 0 bridgehead atoms. The molecule has 0 saturated carbocycles. The van der Waals surface area contributed by atoms with Gasteiger partial charge in [0.15, 0.2) is 6.54 Å². The molecule has 26 heavy (non-hydrogen) atoms. The van der Waals surface area contributed by atoms with E-state index >= 15 is 0 Å². The minimum Gasteiger partial charge on any atom is -0.372 e. The van der Waals surface area contributed by atoms with Gasteiger partial charge in [-0.1, -0.05) is 0 Å². The molecular weight excluding hydrogens is 336 g/mol. The number of carbonyl (C=O) groups excluding carboxylic acids is 1. The van der Waals surface area contributed by atoms with Gasteiger partial charge in [0.2, 0.25) is 0 Å². The average Bonchev–Trinajstić information content (AvgIpc) is 2.61. The SMILES string of the molecule is C[C@H]1CN(C(=O)C[NH+]2CCN(c3ccc([N+](=O)[O-])cc3)CC2)C[C@H](C)O1. The van der Waals surface area contributed by atoms with Crippen molar-refractivity contribution in [1.82, 2.24) is 4.90 Å². The first-order valence-electron chi connectivity index (χ1n) is 9.18. The van der Waals surface area contributed by atoms with Crippen LogP contribution in [0.2, 0.25) is 0 Å². The molecule has 0 unspecified atom stereocenters. The molecule has 1 N–H and O–H groups in total. The summed E-state index contributed by atoms with van der Waals surface area (Å²) in [6.45, 7) is 9.34. The van der Waals surface area contributed by atoms with Crippen LogP contribution in [0.15, 0.2) is 24.3 Å². The number of rotatable bonds is 4. The average molecular weight is 363 g/mol. The van der Waals surface area contributed by atoms with Crippen molar-refractivity contribution in [1.29, 1.82) is 0 Å². The van der Waals surface area contributed by atoms with E-state index in [-0.39, 0.29) is 28.7 Å². The zero-order chi connectivity index (χ0) is 18.7. The molecule has 2 saturated heterocycles. The van der Waals surface area contributed by atoms with Crippen LogP contribution in [-0.2, 0) is 9.53 Å². The van der Waals surface area contributed by atoms with Crippen LogP contribution in [0.4, 0.5) is 11.4 Å². The molecule has 2 fully saturated rings. The van der Waals surface area contributed by atoms with Gasteiger partial charge in [-0.3, -0.25) is 14.9 Å². The number of ether oxygens (including phenoxy) is 1. The van der Waals surface area contributed by atoms with E-state index in [1.165, 1.54) is 4.90 Å². The molecule has 3 rings (SSSR count). The number of piperazine rings is 1. The second-order valence-corrected chi connectivity index (χ2v) is 7.24. The summed E-state index contributed by atoms with van der Waals surface area (Å²) in [6.07, 6.45) is 0.188. The number of quaternary nitrogens is 1. The number of hydrogen-bond donors (Lipinski definition) is 1. The van der Waals surface area contributed by atoms with E-state index in [2.05, 4.69) is 4.90 Å². The number of morpholine rings is 1. The van der Waals surface area contributed by atoms with Gasteiger partial charge in [-0.25, -0.2) is 0 Å². The van der Waals surface area contributed by atoms with Gasteiger partial charge in [0.25, 0.3) is 11.6 Å². The summed E-state index contributed by atoms with van der Waals surface area (Å²) in [7, 11) is 0. The fourth-order valence-electron chi connectivity index (χ4n) is 3.75. The first kappa shape index (κ1) is 18.6. The Balaban J connectivity index is 1.49. The molecule has 2 aliphatic rings. The maximum absolute atomic E-state index is 12.6. The molecule has 2 atom stereocenters. The molecule has 0 radical (unpaired) electrons. The Kier molecular flexibility index (Phi) is 5.73. The largest absolute Gasteiger partial charge is 0.372 e. The van der Waals surface area contributed by atoms with Crippen LogP contribution >= 0.6 is 0 Å². The summed E-state index contributed by atoms with van der Waals surface area (Å²) in [5, 5.41) is 10.8. The highest BCUT2D eigenvalue weighted by Gasteiger charge is 2.29. The van der Waals surface area contributed by atoms with Crippen molar-refractivity contribution in [3.63, 3.8) is 0 Å². The lowest BCUT2D eigenvalue weighted by Crippen LogP contribution is -3.16. The summed E-state index contributed by atoms with van der Waals surface area (Å²) in [4.78, 5) is 28.4. The number of anilines is 1. The summed E-state index contributed by atoms with van der Waals surface area (Å²) in [5.41, 5.74) is 1.11. The number of nitrogens with one attached hydrogen (secondary N) is 1. The van der Waals surface area contributed by atoms with Gasteiger partial charge in [0, 0.05) is 30.9 Å². The Morgan fingerprint density at radius 2 is 1.77 bits per heavy atom. The predicted molar refractivity (Wildman–Crippen MR) is 97.5 cm³/mol. The number of nitrogens with zero attached hydrogens (tertiary/aromatic N) is 3. The quantitative estimate of drug-likeness (QED) is 0.599. The molecule has 0 aliphatic carbocycles. The Bertz CT molecular complexity index is 633. The number of nitro groups is 1. The molecule has 1 amide bonds. The lowest BCUT2D eigenvalue weighted by atomic mass is 10.2. The summed E-state index contributed by atoms with van der Waals surface area (Å²) >= 11 is 0. The maximum Gasteiger partial charge on any atom is 0.277 e. The second-order valence-electron chi connectivity index (χ2n) is 7.24. The molecule has 0 aromatic heterocycles. The van der Waals surface area contributed by atoms with Crippen molar-refractivity contribution in [2.75, 3.05) is 50.7 Å². The van der Waals surface area contributed by atoms with E-state index in [0.29, 0.717) is 19.6 Å². The lowest BCUT2D eigenvalue weighted by Gasteiger charge is -2.37. The Hall–Kier alpha value is -2.19. The summed E-state index contributed by atoms with van der Waals surface area (Å²) in [6, 6.07) is 6.67. The van der Waals surface area contributed by atoms with E-state index in [1.54, 1.807) is 24.3 Å². The lowest BCUT2D eigenvalue weighted by molar-refractivity contribution is -0.892. The molecule has 2 aliphatic heterocycles. The third-order valence-electron chi connectivity index (χ3n) is 5.07. The van der Waals surface area contributed by atoms with Crippen LogP contribution in [0.25, 0.3) is 0 Å². The van der Waals surface area contributed by atoms with Crippen LogP contribution in [0.3, 0.4) is 0 Å². The Labute approximate surface area is 153 Å². The van der Waals surface area contributed by atoms with Crippen molar-refractivity contribution in [3.8, 4) is 0 Å². The summed E-state index contributed by atoms with van der Waals surface area (Å²) in [5.74, 6) is 0.200. The standard InChI is InChI=1S/C18H26N4O4/c1-14-11-21(12-15(2)26-14)18(23)13-19-7-9-20(10-8-19)16-3-5-17(6-4-16)22(24)25/h3-6,14-15H,7-13H2,1-2H3/p+1/t14-,15-/m0/s1. The van der Waals surface area contributed by atoms with E-state index in [0.717, 1.165) is 31.9 Å². The highest BCUT2D eigenvalue weighted by atomic mass is 16.6. The monoisotopic (exact) mass is 363 g/mol. The Morgan fingerprint density at radius 3 is 2.31 bits per heavy atom. The van der Waals surface area contributed by atoms with E-state index in [4.69, 9.17) is 4.74 Å². The summed E-state index contributed by atoms with van der Waals surface area (Å²) < 4.78 is 5.69. The molecular formula is C18H27N4O4+. The van der Waals surface area contributed by atoms with Crippen molar-refractivity contribution in [2.24, 2.45) is 0 Å². The molecule has 1 aromatic rings. The third-order valence-corrected chi connectivity index (χ3v) is 5.07. The maximum atomic E-state index is 12.6. The van der Waals surface area contributed by atoms with E-state index in [9.17, 15) is 14.9 Å². The fraction of sp³-hybridized carbons (Fsp3) is 0.611. The van der Waals surface area contributed by atoms with Gasteiger partial charge in [-0.05, 0) is 26.0 Å². The van der Waals surface area contributed by atoms with Crippen molar-refractivity contribution < 1.29 is 19.4 Å². The smallest absolute Gasteiger partial charge is 0.277 e. The number of nitro benzene ring substituents is 1. The molecule has 0 spiro atoms. The number of carbonyl (C=O) groups is 1. The number of non-ortho nitro benzene ring substituents is 1. The highest BCUT2D eigenvalue weighted by Crippen LogP contribution is 2.19. The zero-order valence-electron chi connectivity index (χ0n) is 15.4. The van der Waals surface area contributed by atoms with Crippen molar-refractivity contribution in [2.45, 2.75) is 26.1 Å². The first-order valence-corrected chi connectivity index (χ1v) is 9.18. The molecule has 1 aromatic carbocycles. The number of amides is 1. The fourth-order valence-corrected chi connectivity index (χ4v) is 3.75.